The fourth-order valence-corrected chi connectivity index (χ4v) is 2.90. The molecule has 0 spiro atoms. The maximum absolute atomic E-state index is 11.8. The zero-order valence-corrected chi connectivity index (χ0v) is 15.3. The number of hydrogen-bond donors (Lipinski definition) is 3. The van der Waals surface area contributed by atoms with Gasteiger partial charge in [0.25, 0.3) is 0 Å². The van der Waals surface area contributed by atoms with Crippen molar-refractivity contribution in [1.29, 1.82) is 0 Å². The van der Waals surface area contributed by atoms with Crippen molar-refractivity contribution in [2.75, 3.05) is 17.6 Å². The summed E-state index contributed by atoms with van der Waals surface area (Å²) in [5, 5.41) is 9.95. The van der Waals surface area contributed by atoms with Gasteiger partial charge in [-0.1, -0.05) is 12.1 Å². The van der Waals surface area contributed by atoms with Crippen molar-refractivity contribution in [2.24, 2.45) is 0 Å². The highest BCUT2D eigenvalue weighted by Gasteiger charge is 2.11. The molecular weight excluding hydrogens is 354 g/mol. The average molecular weight is 373 g/mol. The van der Waals surface area contributed by atoms with E-state index in [1.807, 2.05) is 43.5 Å². The molecule has 0 atom stereocenters. The van der Waals surface area contributed by atoms with Crippen molar-refractivity contribution < 1.29 is 4.79 Å². The molecule has 0 bridgehead atoms. The Bertz CT molecular complexity index is 1130. The minimum absolute atomic E-state index is 0.237. The number of anilines is 2. The number of nitrogens with zero attached hydrogens (tertiary/aromatic N) is 4. The van der Waals surface area contributed by atoms with Crippen LogP contribution in [0.4, 0.5) is 16.3 Å². The first-order chi connectivity index (χ1) is 13.6. The Hall–Kier alpha value is -3.94. The normalized spacial score (nSPS) is 10.8. The summed E-state index contributed by atoms with van der Waals surface area (Å²) in [5.74, 6) is 0.472. The molecule has 4 aromatic rings. The Morgan fingerprint density at radius 1 is 1.07 bits per heavy atom. The maximum Gasteiger partial charge on any atom is 0.319 e. The van der Waals surface area contributed by atoms with E-state index in [1.54, 1.807) is 29.2 Å². The van der Waals surface area contributed by atoms with E-state index < -0.39 is 0 Å². The van der Waals surface area contributed by atoms with Crippen LogP contribution >= 0.6 is 0 Å². The molecule has 0 saturated carbocycles. The minimum Gasteiger partial charge on any atom is -0.384 e. The smallest absolute Gasteiger partial charge is 0.319 e. The number of pyridine rings is 1. The zero-order valence-electron chi connectivity index (χ0n) is 15.3. The minimum atomic E-state index is -0.237. The van der Waals surface area contributed by atoms with E-state index in [9.17, 15) is 4.79 Å². The van der Waals surface area contributed by atoms with Gasteiger partial charge >= 0.3 is 6.03 Å². The van der Waals surface area contributed by atoms with Gasteiger partial charge in [-0.05, 0) is 36.8 Å². The number of carbonyl (C=O) groups is 1. The number of hydrogen-bond acceptors (Lipinski definition) is 5. The summed E-state index contributed by atoms with van der Waals surface area (Å²) < 4.78 is 1.73. The average Bonchev–Trinajstić information content (AvgIpc) is 3.12. The molecule has 0 aliphatic rings. The lowest BCUT2D eigenvalue weighted by Crippen LogP contribution is -2.28. The molecule has 0 unspecified atom stereocenters. The zero-order chi connectivity index (χ0) is 19.5. The molecule has 3 heterocycles. The number of amides is 2. The van der Waals surface area contributed by atoms with E-state index in [1.165, 1.54) is 0 Å². The molecule has 4 rings (SSSR count). The van der Waals surface area contributed by atoms with E-state index in [4.69, 9.17) is 5.73 Å². The predicted octanol–water partition coefficient (Wildman–Crippen LogP) is 3.18. The molecule has 0 fully saturated rings. The number of nitrogens with one attached hydrogen (secondary N) is 2. The number of urea groups is 1. The van der Waals surface area contributed by atoms with Crippen LogP contribution < -0.4 is 16.4 Å². The summed E-state index contributed by atoms with van der Waals surface area (Å²) in [5.41, 5.74) is 10.7. The summed E-state index contributed by atoms with van der Waals surface area (Å²) in [7, 11) is 0. The molecule has 0 aliphatic heterocycles. The van der Waals surface area contributed by atoms with Crippen LogP contribution in [0.3, 0.4) is 0 Å². The molecule has 28 heavy (non-hydrogen) atoms. The number of nitrogen functional groups attached to an aromatic ring is 1. The van der Waals surface area contributed by atoms with E-state index in [2.05, 4.69) is 25.7 Å². The van der Waals surface area contributed by atoms with Crippen LogP contribution in [-0.4, -0.2) is 32.2 Å². The number of carbonyl (C=O) groups excluding carboxylic acids is 1. The molecule has 8 heteroatoms. The molecule has 1 aromatic carbocycles. The second-order valence-electron chi connectivity index (χ2n) is 6.21. The van der Waals surface area contributed by atoms with Gasteiger partial charge in [-0.2, -0.15) is 5.10 Å². The first kappa shape index (κ1) is 17.5. The van der Waals surface area contributed by atoms with Crippen molar-refractivity contribution >= 4 is 23.2 Å². The molecule has 3 aromatic heterocycles. The number of benzene rings is 1. The monoisotopic (exact) mass is 373 g/mol. The van der Waals surface area contributed by atoms with Gasteiger partial charge in [0.1, 0.15) is 5.82 Å². The standard InChI is InChI=1S/C20H19N7O/c1-2-22-20(28)26-16-5-3-4-13(8-16)17-11-25-27-12-15(10-24-19(17)27)14-6-7-18(21)23-9-14/h3-12H,2H2,1H3,(H2,21,23)(H2,22,26,28). The summed E-state index contributed by atoms with van der Waals surface area (Å²) in [4.78, 5) is 20.4. The fraction of sp³-hybridized carbons (Fsp3) is 0.100. The van der Waals surface area contributed by atoms with Crippen molar-refractivity contribution in [3.8, 4) is 22.3 Å². The fourth-order valence-electron chi connectivity index (χ4n) is 2.90. The summed E-state index contributed by atoms with van der Waals surface area (Å²) in [6.45, 7) is 2.44. The van der Waals surface area contributed by atoms with E-state index in [-0.39, 0.29) is 6.03 Å². The Morgan fingerprint density at radius 2 is 1.93 bits per heavy atom. The van der Waals surface area contributed by atoms with Gasteiger partial charge in [-0.25, -0.2) is 19.3 Å². The van der Waals surface area contributed by atoms with Crippen LogP contribution in [0, 0.1) is 0 Å². The third-order valence-electron chi connectivity index (χ3n) is 4.24. The molecule has 0 saturated heterocycles. The second-order valence-corrected chi connectivity index (χ2v) is 6.21. The lowest BCUT2D eigenvalue weighted by molar-refractivity contribution is 0.252. The SMILES string of the molecule is CCNC(=O)Nc1cccc(-c2cnn3cc(-c4ccc(N)nc4)cnc23)c1. The van der Waals surface area contributed by atoms with Crippen LogP contribution in [0.5, 0.6) is 0 Å². The van der Waals surface area contributed by atoms with E-state index in [0.29, 0.717) is 18.1 Å². The van der Waals surface area contributed by atoms with Gasteiger partial charge in [-0.15, -0.1) is 0 Å². The largest absolute Gasteiger partial charge is 0.384 e. The Labute approximate surface area is 161 Å². The molecule has 2 amide bonds. The molecule has 0 radical (unpaired) electrons. The molecular formula is C20H19N7O. The van der Waals surface area contributed by atoms with Gasteiger partial charge in [0, 0.05) is 47.5 Å². The van der Waals surface area contributed by atoms with Crippen molar-refractivity contribution in [3.63, 3.8) is 0 Å². The first-order valence-corrected chi connectivity index (χ1v) is 8.84. The number of aromatic nitrogens is 4. The number of nitrogens with two attached hydrogens (primary N) is 1. The van der Waals surface area contributed by atoms with Crippen LogP contribution in [0.2, 0.25) is 0 Å². The first-order valence-electron chi connectivity index (χ1n) is 8.84. The highest BCUT2D eigenvalue weighted by Crippen LogP contribution is 2.27. The second kappa shape index (κ2) is 7.36. The molecule has 8 nitrogen and oxygen atoms in total. The maximum atomic E-state index is 11.8. The van der Waals surface area contributed by atoms with Crippen LogP contribution in [0.15, 0.2) is 61.2 Å². The van der Waals surface area contributed by atoms with Gasteiger partial charge in [0.15, 0.2) is 5.65 Å². The Kier molecular flexibility index (Phi) is 4.59. The van der Waals surface area contributed by atoms with Gasteiger partial charge in [0.05, 0.1) is 6.20 Å². The molecule has 0 aliphatic carbocycles. The number of rotatable bonds is 4. The Morgan fingerprint density at radius 3 is 2.71 bits per heavy atom. The van der Waals surface area contributed by atoms with Gasteiger partial charge < -0.3 is 16.4 Å². The lowest BCUT2D eigenvalue weighted by atomic mass is 10.1. The number of fused-ring (bicyclic) bond motifs is 1. The van der Waals surface area contributed by atoms with Gasteiger partial charge in [0.2, 0.25) is 0 Å². The summed E-state index contributed by atoms with van der Waals surface area (Å²) in [6, 6.07) is 11.0. The predicted molar refractivity (Wildman–Crippen MR) is 109 cm³/mol. The van der Waals surface area contributed by atoms with E-state index >= 15 is 0 Å². The molecule has 140 valence electrons. The van der Waals surface area contributed by atoms with Crippen molar-refractivity contribution in [1.82, 2.24) is 24.9 Å². The summed E-state index contributed by atoms with van der Waals surface area (Å²) >= 11 is 0. The van der Waals surface area contributed by atoms with Crippen LogP contribution in [0.25, 0.3) is 27.9 Å². The third-order valence-corrected chi connectivity index (χ3v) is 4.24. The summed E-state index contributed by atoms with van der Waals surface area (Å²) in [6.07, 6.45) is 7.15. The molecule has 4 N–H and O–H groups in total. The van der Waals surface area contributed by atoms with Crippen LogP contribution in [0.1, 0.15) is 6.92 Å². The third kappa shape index (κ3) is 3.48. The van der Waals surface area contributed by atoms with Crippen molar-refractivity contribution in [3.05, 3.63) is 61.2 Å². The van der Waals surface area contributed by atoms with Crippen molar-refractivity contribution in [2.45, 2.75) is 6.92 Å². The highest BCUT2D eigenvalue weighted by molar-refractivity contribution is 5.90. The quantitative estimate of drug-likeness (QED) is 0.509. The van der Waals surface area contributed by atoms with Gasteiger partial charge in [-0.3, -0.25) is 0 Å². The van der Waals surface area contributed by atoms with E-state index in [0.717, 1.165) is 27.9 Å². The lowest BCUT2D eigenvalue weighted by Gasteiger charge is -2.07. The van der Waals surface area contributed by atoms with Crippen LogP contribution in [-0.2, 0) is 0 Å². The highest BCUT2D eigenvalue weighted by atomic mass is 16.2. The Balaban J connectivity index is 1.66. The topological polar surface area (TPSA) is 110 Å².